The molecule has 1 aromatic carbocycles. The molecule has 110 valence electrons. The fourth-order valence-corrected chi connectivity index (χ4v) is 2.15. The normalized spacial score (nSPS) is 12.2. The number of fused-ring (bicyclic) bond motifs is 1. The van der Waals surface area contributed by atoms with Crippen molar-refractivity contribution in [3.8, 4) is 0 Å². The highest BCUT2D eigenvalue weighted by atomic mass is 19.4. The quantitative estimate of drug-likeness (QED) is 0.789. The molecule has 0 aliphatic rings. The van der Waals surface area contributed by atoms with Gasteiger partial charge >= 0.3 is 6.18 Å². The zero-order valence-electron chi connectivity index (χ0n) is 11.0. The average Bonchev–Trinajstić information content (AvgIpc) is 2.93. The van der Waals surface area contributed by atoms with E-state index in [-0.39, 0.29) is 18.0 Å². The maximum absolute atomic E-state index is 12.7. The van der Waals surface area contributed by atoms with Crippen molar-refractivity contribution < 1.29 is 17.7 Å². The minimum Gasteiger partial charge on any atom is -0.369 e. The summed E-state index contributed by atoms with van der Waals surface area (Å²) in [7, 11) is 0. The molecule has 0 saturated heterocycles. The largest absolute Gasteiger partial charge is 0.416 e. The Morgan fingerprint density at radius 2 is 2.05 bits per heavy atom. The van der Waals surface area contributed by atoms with E-state index in [0.29, 0.717) is 17.0 Å². The molecule has 8 heteroatoms. The highest BCUT2D eigenvalue weighted by molar-refractivity contribution is 5.79. The lowest BCUT2D eigenvalue weighted by Gasteiger charge is -2.07. The van der Waals surface area contributed by atoms with E-state index >= 15 is 0 Å². The molecule has 0 saturated carbocycles. The Morgan fingerprint density at radius 3 is 2.67 bits per heavy atom. The van der Waals surface area contributed by atoms with E-state index in [1.807, 2.05) is 0 Å². The highest BCUT2D eigenvalue weighted by Crippen LogP contribution is 2.32. The SMILES string of the molecule is Cc1cc(Cn2c(N)nc3cc(C(F)(F)F)ccc32)no1. The lowest BCUT2D eigenvalue weighted by atomic mass is 10.2. The number of imidazole rings is 1. The lowest BCUT2D eigenvalue weighted by Crippen LogP contribution is -2.06. The first-order chi connectivity index (χ1) is 9.84. The summed E-state index contributed by atoms with van der Waals surface area (Å²) in [4.78, 5) is 3.97. The van der Waals surface area contributed by atoms with Gasteiger partial charge < -0.3 is 14.8 Å². The predicted octanol–water partition coefficient (Wildman–Crippen LogP) is 2.98. The standard InChI is InChI=1S/C13H11F3N4O/c1-7-4-9(19-21-7)6-20-11-3-2-8(13(14,15)16)5-10(11)18-12(20)17/h2-5H,6H2,1H3,(H2,17,18). The second-order valence-corrected chi connectivity index (χ2v) is 4.69. The first-order valence-electron chi connectivity index (χ1n) is 6.10. The highest BCUT2D eigenvalue weighted by Gasteiger charge is 2.31. The van der Waals surface area contributed by atoms with Crippen LogP contribution < -0.4 is 5.73 Å². The predicted molar refractivity (Wildman–Crippen MR) is 69.5 cm³/mol. The second-order valence-electron chi connectivity index (χ2n) is 4.69. The minimum atomic E-state index is -4.41. The third-order valence-corrected chi connectivity index (χ3v) is 3.10. The molecule has 0 atom stereocenters. The van der Waals surface area contributed by atoms with Crippen molar-refractivity contribution in [2.24, 2.45) is 0 Å². The maximum atomic E-state index is 12.7. The van der Waals surface area contributed by atoms with E-state index in [1.165, 1.54) is 6.07 Å². The van der Waals surface area contributed by atoms with Gasteiger partial charge in [-0.25, -0.2) is 4.98 Å². The lowest BCUT2D eigenvalue weighted by molar-refractivity contribution is -0.137. The summed E-state index contributed by atoms with van der Waals surface area (Å²) in [5.74, 6) is 0.775. The summed E-state index contributed by atoms with van der Waals surface area (Å²) in [5.41, 5.74) is 6.36. The molecule has 21 heavy (non-hydrogen) atoms. The Balaban J connectivity index is 2.05. The number of nitrogens with zero attached hydrogens (tertiary/aromatic N) is 3. The molecule has 0 aliphatic heterocycles. The Labute approximate surface area is 117 Å². The van der Waals surface area contributed by atoms with Crippen molar-refractivity contribution >= 4 is 17.0 Å². The first-order valence-corrected chi connectivity index (χ1v) is 6.10. The summed E-state index contributed by atoms with van der Waals surface area (Å²) in [6, 6.07) is 5.08. The van der Waals surface area contributed by atoms with E-state index < -0.39 is 11.7 Å². The third kappa shape index (κ3) is 2.44. The zero-order valence-corrected chi connectivity index (χ0v) is 11.0. The van der Waals surface area contributed by atoms with Gasteiger partial charge in [0.2, 0.25) is 5.95 Å². The molecule has 3 aromatic rings. The monoisotopic (exact) mass is 296 g/mol. The molecule has 0 unspecified atom stereocenters. The van der Waals surface area contributed by atoms with Crippen LogP contribution in [-0.2, 0) is 12.7 Å². The van der Waals surface area contributed by atoms with Crippen LogP contribution in [0, 0.1) is 6.92 Å². The number of aryl methyl sites for hydroxylation is 1. The Hall–Kier alpha value is -2.51. The number of nitrogen functional groups attached to an aromatic ring is 1. The van der Waals surface area contributed by atoms with Gasteiger partial charge in [0, 0.05) is 6.07 Å². The van der Waals surface area contributed by atoms with Crippen LogP contribution in [0.5, 0.6) is 0 Å². The van der Waals surface area contributed by atoms with Crippen LogP contribution in [0.4, 0.5) is 19.1 Å². The van der Waals surface area contributed by atoms with Gasteiger partial charge in [0.15, 0.2) is 0 Å². The van der Waals surface area contributed by atoms with Crippen molar-refractivity contribution in [3.05, 3.63) is 41.3 Å². The van der Waals surface area contributed by atoms with E-state index in [4.69, 9.17) is 10.3 Å². The fourth-order valence-electron chi connectivity index (χ4n) is 2.15. The Bertz CT molecular complexity index is 803. The van der Waals surface area contributed by atoms with Gasteiger partial charge in [-0.15, -0.1) is 0 Å². The van der Waals surface area contributed by atoms with Crippen LogP contribution in [0.3, 0.4) is 0 Å². The molecule has 2 N–H and O–H groups in total. The summed E-state index contributed by atoms with van der Waals surface area (Å²) in [5, 5.41) is 3.84. The van der Waals surface area contributed by atoms with Crippen molar-refractivity contribution in [3.63, 3.8) is 0 Å². The number of benzene rings is 1. The van der Waals surface area contributed by atoms with Crippen LogP contribution in [0.2, 0.25) is 0 Å². The first kappa shape index (κ1) is 13.5. The smallest absolute Gasteiger partial charge is 0.369 e. The van der Waals surface area contributed by atoms with Gasteiger partial charge in [0.1, 0.15) is 11.5 Å². The number of hydrogen-bond acceptors (Lipinski definition) is 4. The van der Waals surface area contributed by atoms with Crippen LogP contribution in [0.25, 0.3) is 11.0 Å². The van der Waals surface area contributed by atoms with E-state index in [2.05, 4.69) is 10.1 Å². The van der Waals surface area contributed by atoms with Gasteiger partial charge in [-0.3, -0.25) is 0 Å². The van der Waals surface area contributed by atoms with Gasteiger partial charge in [-0.05, 0) is 25.1 Å². The Morgan fingerprint density at radius 1 is 1.29 bits per heavy atom. The molecule has 3 rings (SSSR count). The molecule has 0 bridgehead atoms. The van der Waals surface area contributed by atoms with Crippen LogP contribution in [-0.4, -0.2) is 14.7 Å². The zero-order chi connectivity index (χ0) is 15.2. The van der Waals surface area contributed by atoms with Crippen molar-refractivity contribution in [2.45, 2.75) is 19.6 Å². The molecule has 0 aliphatic carbocycles. The molecule has 0 amide bonds. The number of aromatic nitrogens is 3. The number of anilines is 1. The maximum Gasteiger partial charge on any atom is 0.416 e. The number of alkyl halides is 3. The number of hydrogen-bond donors (Lipinski definition) is 1. The van der Waals surface area contributed by atoms with Crippen LogP contribution in [0.15, 0.2) is 28.8 Å². The topological polar surface area (TPSA) is 69.9 Å². The second kappa shape index (κ2) is 4.51. The van der Waals surface area contributed by atoms with E-state index in [0.717, 1.165) is 12.1 Å². The van der Waals surface area contributed by atoms with Crippen molar-refractivity contribution in [1.29, 1.82) is 0 Å². The summed E-state index contributed by atoms with van der Waals surface area (Å²) >= 11 is 0. The van der Waals surface area contributed by atoms with Crippen molar-refractivity contribution in [2.75, 3.05) is 5.73 Å². The molecule has 0 spiro atoms. The molecular formula is C13H11F3N4O. The molecule has 0 fully saturated rings. The van der Waals surface area contributed by atoms with Gasteiger partial charge in [-0.2, -0.15) is 13.2 Å². The molecule has 2 aromatic heterocycles. The minimum absolute atomic E-state index is 0.130. The van der Waals surface area contributed by atoms with Crippen LogP contribution in [0.1, 0.15) is 17.0 Å². The summed E-state index contributed by atoms with van der Waals surface area (Å²) in [6.45, 7) is 2.03. The fraction of sp³-hybridized carbons (Fsp3) is 0.231. The number of nitrogens with two attached hydrogens (primary N) is 1. The third-order valence-electron chi connectivity index (χ3n) is 3.10. The number of rotatable bonds is 2. The van der Waals surface area contributed by atoms with Gasteiger partial charge in [-0.1, -0.05) is 5.16 Å². The summed E-state index contributed by atoms with van der Waals surface area (Å²) in [6.07, 6.45) is -4.41. The van der Waals surface area contributed by atoms with Gasteiger partial charge in [0.25, 0.3) is 0 Å². The summed E-state index contributed by atoms with van der Waals surface area (Å²) < 4.78 is 44.6. The molecule has 2 heterocycles. The van der Waals surface area contributed by atoms with Crippen LogP contribution >= 0.6 is 0 Å². The molecule has 0 radical (unpaired) electrons. The van der Waals surface area contributed by atoms with E-state index in [9.17, 15) is 13.2 Å². The van der Waals surface area contributed by atoms with E-state index in [1.54, 1.807) is 17.6 Å². The van der Waals surface area contributed by atoms with Gasteiger partial charge in [0.05, 0.1) is 23.1 Å². The number of halogens is 3. The molecule has 5 nitrogen and oxygen atoms in total. The Kier molecular flexibility index (Phi) is 2.89. The van der Waals surface area contributed by atoms with Crippen molar-refractivity contribution in [1.82, 2.24) is 14.7 Å². The average molecular weight is 296 g/mol. The molecular weight excluding hydrogens is 285 g/mol.